The Morgan fingerprint density at radius 3 is 2.85 bits per heavy atom. The fourth-order valence-electron chi connectivity index (χ4n) is 2.49. The second-order valence-electron chi connectivity index (χ2n) is 5.78. The molecule has 136 valence electrons. The number of hydrogen-bond acceptors (Lipinski definition) is 6. The zero-order valence-corrected chi connectivity index (χ0v) is 16.1. The Morgan fingerprint density at radius 2 is 2.08 bits per heavy atom. The van der Waals surface area contributed by atoms with Crippen molar-refractivity contribution in [3.8, 4) is 5.75 Å². The molecule has 2 aromatic carbocycles. The quantitative estimate of drug-likeness (QED) is 0.595. The van der Waals surface area contributed by atoms with Gasteiger partial charge in [-0.3, -0.25) is 4.90 Å². The highest BCUT2D eigenvalue weighted by Crippen LogP contribution is 2.22. The summed E-state index contributed by atoms with van der Waals surface area (Å²) >= 11 is 6.70. The average Bonchev–Trinajstić information content (AvgIpc) is 2.96. The minimum absolute atomic E-state index is 0.324. The minimum Gasteiger partial charge on any atom is -0.497 e. The van der Waals surface area contributed by atoms with Crippen LogP contribution in [0.15, 0.2) is 48.5 Å². The Labute approximate surface area is 160 Å². The third kappa shape index (κ3) is 4.66. The Bertz CT molecular complexity index is 941. The average molecular weight is 391 g/mol. The fourth-order valence-corrected chi connectivity index (χ4v) is 3.49. The number of aromatic nitrogens is 2. The molecule has 1 aromatic heterocycles. The van der Waals surface area contributed by atoms with Crippen LogP contribution in [-0.2, 0) is 13.2 Å². The summed E-state index contributed by atoms with van der Waals surface area (Å²) in [5.74, 6) is 0.507. The number of methoxy groups -OCH3 is 1. The third-order valence-corrected chi connectivity index (χ3v) is 4.91. The maximum Gasteiger partial charge on any atom is 0.209 e. The van der Waals surface area contributed by atoms with Crippen molar-refractivity contribution in [3.63, 3.8) is 0 Å². The Hall–Kier alpha value is -2.29. The number of halogens is 1. The first-order valence-electron chi connectivity index (χ1n) is 7.96. The standard InChI is InChI=1S/C18H19FN4OS2/c1-22(11-13-6-5-7-14(10-13)24-2)12-23-18(25)26-17(21-23)20-16-9-4-3-8-15(16)19/h3-10H,11-12H2,1-2H3,(H,20,21). The van der Waals surface area contributed by atoms with Gasteiger partial charge in [-0.05, 0) is 49.1 Å². The molecule has 1 heterocycles. The first kappa shape index (κ1) is 18.5. The van der Waals surface area contributed by atoms with Gasteiger partial charge in [-0.1, -0.05) is 35.6 Å². The van der Waals surface area contributed by atoms with E-state index >= 15 is 0 Å². The molecule has 0 fully saturated rings. The highest BCUT2D eigenvalue weighted by molar-refractivity contribution is 7.73. The predicted octanol–water partition coefficient (Wildman–Crippen LogP) is 4.65. The number of benzene rings is 2. The number of anilines is 2. The van der Waals surface area contributed by atoms with Crippen LogP contribution in [0.5, 0.6) is 5.75 Å². The van der Waals surface area contributed by atoms with Gasteiger partial charge in [0.1, 0.15) is 11.6 Å². The van der Waals surface area contributed by atoms with Crippen molar-refractivity contribution >= 4 is 34.4 Å². The van der Waals surface area contributed by atoms with Crippen molar-refractivity contribution in [2.45, 2.75) is 13.2 Å². The van der Waals surface area contributed by atoms with Crippen molar-refractivity contribution < 1.29 is 9.13 Å². The highest BCUT2D eigenvalue weighted by Gasteiger charge is 2.09. The van der Waals surface area contributed by atoms with E-state index in [-0.39, 0.29) is 5.82 Å². The molecular formula is C18H19FN4OS2. The lowest BCUT2D eigenvalue weighted by Crippen LogP contribution is -2.22. The molecule has 0 atom stereocenters. The zero-order chi connectivity index (χ0) is 18.5. The van der Waals surface area contributed by atoms with Gasteiger partial charge >= 0.3 is 0 Å². The van der Waals surface area contributed by atoms with Gasteiger partial charge in [0.15, 0.2) is 3.95 Å². The van der Waals surface area contributed by atoms with Gasteiger partial charge in [-0.2, -0.15) is 0 Å². The van der Waals surface area contributed by atoms with Gasteiger partial charge in [0.25, 0.3) is 0 Å². The molecule has 0 amide bonds. The molecule has 8 heteroatoms. The molecule has 3 rings (SSSR count). The predicted molar refractivity (Wildman–Crippen MR) is 105 cm³/mol. The van der Waals surface area contributed by atoms with Crippen LogP contribution in [0.4, 0.5) is 15.2 Å². The van der Waals surface area contributed by atoms with Gasteiger partial charge in [0.05, 0.1) is 19.5 Å². The first-order chi connectivity index (χ1) is 12.5. The summed E-state index contributed by atoms with van der Waals surface area (Å²) in [5.41, 5.74) is 1.52. The molecule has 0 bridgehead atoms. The van der Waals surface area contributed by atoms with Gasteiger partial charge in [0.2, 0.25) is 5.13 Å². The summed E-state index contributed by atoms with van der Waals surface area (Å²) in [6, 6.07) is 14.4. The summed E-state index contributed by atoms with van der Waals surface area (Å²) in [6.07, 6.45) is 0. The monoisotopic (exact) mass is 390 g/mol. The largest absolute Gasteiger partial charge is 0.497 e. The van der Waals surface area contributed by atoms with Crippen LogP contribution >= 0.6 is 23.6 Å². The van der Waals surface area contributed by atoms with E-state index in [1.807, 2.05) is 31.3 Å². The van der Waals surface area contributed by atoms with Crippen molar-refractivity contribution in [1.82, 2.24) is 14.7 Å². The van der Waals surface area contributed by atoms with Crippen LogP contribution in [-0.4, -0.2) is 28.8 Å². The Balaban J connectivity index is 1.67. The van der Waals surface area contributed by atoms with E-state index in [0.29, 0.717) is 21.4 Å². The summed E-state index contributed by atoms with van der Waals surface area (Å²) in [7, 11) is 3.64. The van der Waals surface area contributed by atoms with Crippen LogP contribution in [0.1, 0.15) is 5.56 Å². The van der Waals surface area contributed by atoms with Crippen molar-refractivity contribution in [1.29, 1.82) is 0 Å². The Morgan fingerprint density at radius 1 is 1.27 bits per heavy atom. The maximum absolute atomic E-state index is 13.8. The first-order valence-corrected chi connectivity index (χ1v) is 9.18. The molecule has 3 aromatic rings. The molecule has 0 spiro atoms. The number of hydrogen-bond donors (Lipinski definition) is 1. The van der Waals surface area contributed by atoms with E-state index in [4.69, 9.17) is 17.0 Å². The molecule has 1 N–H and O–H groups in total. The molecule has 0 aliphatic carbocycles. The number of ether oxygens (including phenoxy) is 1. The van der Waals surface area contributed by atoms with Crippen molar-refractivity contribution in [2.75, 3.05) is 19.5 Å². The molecule has 0 aliphatic heterocycles. The molecule has 5 nitrogen and oxygen atoms in total. The maximum atomic E-state index is 13.8. The van der Waals surface area contributed by atoms with Crippen LogP contribution in [0.2, 0.25) is 0 Å². The molecule has 0 radical (unpaired) electrons. The lowest BCUT2D eigenvalue weighted by atomic mass is 10.2. The summed E-state index contributed by atoms with van der Waals surface area (Å²) in [6.45, 7) is 1.26. The summed E-state index contributed by atoms with van der Waals surface area (Å²) in [4.78, 5) is 2.09. The Kier molecular flexibility index (Phi) is 5.97. The van der Waals surface area contributed by atoms with Crippen molar-refractivity contribution in [3.05, 3.63) is 63.9 Å². The fraction of sp³-hybridized carbons (Fsp3) is 0.222. The second-order valence-corrected chi connectivity index (χ2v) is 7.41. The number of para-hydroxylation sites is 1. The molecule has 0 saturated heterocycles. The highest BCUT2D eigenvalue weighted by atomic mass is 32.1. The summed E-state index contributed by atoms with van der Waals surface area (Å²) < 4.78 is 21.4. The molecule has 26 heavy (non-hydrogen) atoms. The number of nitrogens with zero attached hydrogens (tertiary/aromatic N) is 3. The summed E-state index contributed by atoms with van der Waals surface area (Å²) in [5, 5.41) is 7.99. The minimum atomic E-state index is -0.324. The van der Waals surface area contributed by atoms with E-state index < -0.39 is 0 Å². The smallest absolute Gasteiger partial charge is 0.209 e. The van der Waals surface area contributed by atoms with E-state index in [9.17, 15) is 4.39 Å². The van der Waals surface area contributed by atoms with Gasteiger partial charge in [-0.25, -0.2) is 9.07 Å². The lowest BCUT2D eigenvalue weighted by Gasteiger charge is -2.16. The van der Waals surface area contributed by atoms with Gasteiger partial charge in [-0.15, -0.1) is 5.10 Å². The molecule has 0 saturated carbocycles. The lowest BCUT2D eigenvalue weighted by molar-refractivity contribution is 0.245. The van der Waals surface area contributed by atoms with Crippen molar-refractivity contribution in [2.24, 2.45) is 0 Å². The molecule has 0 unspecified atom stereocenters. The zero-order valence-electron chi connectivity index (χ0n) is 14.5. The molecule has 0 aliphatic rings. The van der Waals surface area contributed by atoms with Gasteiger partial charge in [0, 0.05) is 6.54 Å². The van der Waals surface area contributed by atoms with E-state index in [1.165, 1.54) is 17.4 Å². The van der Waals surface area contributed by atoms with Crippen LogP contribution in [0.3, 0.4) is 0 Å². The number of nitrogens with one attached hydrogen (secondary N) is 1. The normalized spacial score (nSPS) is 10.9. The van der Waals surface area contributed by atoms with E-state index in [2.05, 4.69) is 15.3 Å². The van der Waals surface area contributed by atoms with Crippen LogP contribution in [0.25, 0.3) is 0 Å². The van der Waals surface area contributed by atoms with E-state index in [0.717, 1.165) is 17.9 Å². The SMILES string of the molecule is COc1cccc(CN(C)Cn2nc(Nc3ccccc3F)sc2=S)c1. The third-order valence-electron chi connectivity index (χ3n) is 3.68. The van der Waals surface area contributed by atoms with Crippen LogP contribution < -0.4 is 10.1 Å². The van der Waals surface area contributed by atoms with Crippen LogP contribution in [0, 0.1) is 9.77 Å². The van der Waals surface area contributed by atoms with E-state index in [1.54, 1.807) is 30.0 Å². The second kappa shape index (κ2) is 8.39. The molecular weight excluding hydrogens is 371 g/mol. The van der Waals surface area contributed by atoms with Gasteiger partial charge < -0.3 is 10.1 Å². The number of rotatable bonds is 7. The topological polar surface area (TPSA) is 42.3 Å².